The number of carboxylic acids is 1. The van der Waals surface area contributed by atoms with Crippen molar-refractivity contribution in [2.75, 3.05) is 0 Å². The van der Waals surface area contributed by atoms with Gasteiger partial charge in [0.25, 0.3) is 5.89 Å². The molecule has 1 aromatic heterocycles. The van der Waals surface area contributed by atoms with Gasteiger partial charge in [-0.3, -0.25) is 0 Å². The highest BCUT2D eigenvalue weighted by atomic mass is 79.9. The van der Waals surface area contributed by atoms with Gasteiger partial charge in [-0.1, -0.05) is 12.1 Å². The third-order valence-corrected chi connectivity index (χ3v) is 2.49. The van der Waals surface area contributed by atoms with E-state index in [1.165, 1.54) is 0 Å². The standard InChI is InChI=1S/C10H7BrN2O4/c11-6-3-1-2-4-7(6)16-5-8-12-13-9(17-8)10(14)15/h1-4H,5H2,(H,14,15). The topological polar surface area (TPSA) is 85.5 Å². The van der Waals surface area contributed by atoms with Gasteiger partial charge in [-0.2, -0.15) is 0 Å². The average Bonchev–Trinajstić information content (AvgIpc) is 2.77. The van der Waals surface area contributed by atoms with Gasteiger partial charge in [-0.05, 0) is 28.1 Å². The molecule has 0 unspecified atom stereocenters. The summed E-state index contributed by atoms with van der Waals surface area (Å²) in [4.78, 5) is 10.5. The fourth-order valence-electron chi connectivity index (χ4n) is 1.10. The predicted molar refractivity (Wildman–Crippen MR) is 59.7 cm³/mol. The highest BCUT2D eigenvalue weighted by Crippen LogP contribution is 2.24. The van der Waals surface area contributed by atoms with E-state index in [0.717, 1.165) is 4.47 Å². The number of halogens is 1. The first-order valence-corrected chi connectivity index (χ1v) is 5.39. The lowest BCUT2D eigenvalue weighted by molar-refractivity contribution is 0.0649. The van der Waals surface area contributed by atoms with Gasteiger partial charge in [0, 0.05) is 0 Å². The summed E-state index contributed by atoms with van der Waals surface area (Å²) in [5, 5.41) is 15.5. The summed E-state index contributed by atoms with van der Waals surface area (Å²) in [7, 11) is 0. The number of benzene rings is 1. The third-order valence-electron chi connectivity index (χ3n) is 1.84. The van der Waals surface area contributed by atoms with Crippen molar-refractivity contribution in [2.45, 2.75) is 6.61 Å². The average molecular weight is 299 g/mol. The van der Waals surface area contributed by atoms with Crippen molar-refractivity contribution in [1.29, 1.82) is 0 Å². The van der Waals surface area contributed by atoms with Crippen LogP contribution in [-0.4, -0.2) is 21.3 Å². The van der Waals surface area contributed by atoms with Gasteiger partial charge in [0.05, 0.1) is 4.47 Å². The Labute approximate surface area is 104 Å². The molecular formula is C10H7BrN2O4. The van der Waals surface area contributed by atoms with Crippen molar-refractivity contribution in [2.24, 2.45) is 0 Å². The molecule has 0 atom stereocenters. The van der Waals surface area contributed by atoms with E-state index in [-0.39, 0.29) is 12.5 Å². The summed E-state index contributed by atoms with van der Waals surface area (Å²) in [5.74, 6) is -0.985. The molecule has 1 N–H and O–H groups in total. The van der Waals surface area contributed by atoms with Crippen LogP contribution in [0.5, 0.6) is 5.75 Å². The summed E-state index contributed by atoms with van der Waals surface area (Å²) in [6, 6.07) is 7.26. The van der Waals surface area contributed by atoms with Gasteiger partial charge < -0.3 is 14.3 Å². The molecule has 6 nitrogen and oxygen atoms in total. The number of nitrogens with zero attached hydrogens (tertiary/aromatic N) is 2. The molecule has 1 heterocycles. The van der Waals surface area contributed by atoms with Gasteiger partial charge in [-0.15, -0.1) is 10.2 Å². The van der Waals surface area contributed by atoms with Gasteiger partial charge in [-0.25, -0.2) is 4.79 Å². The SMILES string of the molecule is O=C(O)c1nnc(COc2ccccc2Br)o1. The van der Waals surface area contributed by atoms with Gasteiger partial charge in [0.15, 0.2) is 6.61 Å². The third kappa shape index (κ3) is 2.82. The highest BCUT2D eigenvalue weighted by Gasteiger charge is 2.13. The number of aromatic carboxylic acids is 1. The van der Waals surface area contributed by atoms with Crippen LogP contribution in [0.25, 0.3) is 0 Å². The predicted octanol–water partition coefficient (Wildman–Crippen LogP) is 2.11. The van der Waals surface area contributed by atoms with Crippen molar-refractivity contribution >= 4 is 21.9 Å². The zero-order valence-corrected chi connectivity index (χ0v) is 10.0. The zero-order valence-electron chi connectivity index (χ0n) is 8.46. The van der Waals surface area contributed by atoms with Crippen molar-refractivity contribution in [3.05, 3.63) is 40.5 Å². The van der Waals surface area contributed by atoms with Crippen LogP contribution in [0, 0.1) is 0 Å². The van der Waals surface area contributed by atoms with E-state index in [4.69, 9.17) is 14.3 Å². The number of ether oxygens (including phenoxy) is 1. The quantitative estimate of drug-likeness (QED) is 0.930. The second kappa shape index (κ2) is 4.96. The molecular weight excluding hydrogens is 292 g/mol. The van der Waals surface area contributed by atoms with Crippen LogP contribution in [0.15, 0.2) is 33.2 Å². The summed E-state index contributed by atoms with van der Waals surface area (Å²) in [6.45, 7) is 0.0168. The van der Waals surface area contributed by atoms with Crippen LogP contribution in [-0.2, 0) is 6.61 Å². The first-order valence-electron chi connectivity index (χ1n) is 4.60. The number of aromatic nitrogens is 2. The maximum absolute atomic E-state index is 10.5. The fourth-order valence-corrected chi connectivity index (χ4v) is 1.50. The summed E-state index contributed by atoms with van der Waals surface area (Å²) in [5.41, 5.74) is 0. The van der Waals surface area contributed by atoms with Gasteiger partial charge >= 0.3 is 11.9 Å². The summed E-state index contributed by atoms with van der Waals surface area (Å²) >= 11 is 3.31. The van der Waals surface area contributed by atoms with Crippen molar-refractivity contribution in [3.8, 4) is 5.75 Å². The van der Waals surface area contributed by atoms with Crippen LogP contribution in [0.3, 0.4) is 0 Å². The Hall–Kier alpha value is -1.89. The maximum atomic E-state index is 10.5. The molecule has 0 aliphatic heterocycles. The van der Waals surface area contributed by atoms with E-state index < -0.39 is 11.9 Å². The van der Waals surface area contributed by atoms with Crippen molar-refractivity contribution in [3.63, 3.8) is 0 Å². The fraction of sp³-hybridized carbons (Fsp3) is 0.100. The smallest absolute Gasteiger partial charge is 0.393 e. The minimum Gasteiger partial charge on any atom is -0.483 e. The molecule has 2 rings (SSSR count). The second-order valence-electron chi connectivity index (χ2n) is 3.03. The minimum atomic E-state index is -1.26. The Morgan fingerprint density at radius 3 is 2.82 bits per heavy atom. The molecule has 0 amide bonds. The minimum absolute atomic E-state index is 0.0168. The molecule has 0 saturated carbocycles. The summed E-state index contributed by atoms with van der Waals surface area (Å²) in [6.07, 6.45) is 0. The molecule has 88 valence electrons. The lowest BCUT2D eigenvalue weighted by Crippen LogP contribution is -1.96. The van der Waals surface area contributed by atoms with Crippen LogP contribution in [0.1, 0.15) is 16.6 Å². The van der Waals surface area contributed by atoms with E-state index in [2.05, 4.69) is 26.1 Å². The van der Waals surface area contributed by atoms with Crippen LogP contribution < -0.4 is 4.74 Å². The molecule has 0 fully saturated rings. The molecule has 1 aromatic carbocycles. The number of rotatable bonds is 4. The molecule has 0 aliphatic carbocycles. The van der Waals surface area contributed by atoms with E-state index in [1.54, 1.807) is 6.07 Å². The van der Waals surface area contributed by atoms with Gasteiger partial charge in [0.1, 0.15) is 5.75 Å². The largest absolute Gasteiger partial charge is 0.483 e. The first kappa shape index (κ1) is 11.6. The second-order valence-corrected chi connectivity index (χ2v) is 3.88. The number of para-hydroxylation sites is 1. The number of hydrogen-bond donors (Lipinski definition) is 1. The summed E-state index contributed by atoms with van der Waals surface area (Å²) < 4.78 is 11.0. The van der Waals surface area contributed by atoms with Crippen LogP contribution in [0.4, 0.5) is 0 Å². The Morgan fingerprint density at radius 1 is 1.41 bits per heavy atom. The van der Waals surface area contributed by atoms with E-state index in [1.807, 2.05) is 18.2 Å². The molecule has 17 heavy (non-hydrogen) atoms. The number of carboxylic acid groups (broad SMARTS) is 1. The molecule has 0 bridgehead atoms. The highest BCUT2D eigenvalue weighted by molar-refractivity contribution is 9.10. The molecule has 7 heteroatoms. The Balaban J connectivity index is 2.02. The number of hydrogen-bond acceptors (Lipinski definition) is 5. The molecule has 0 radical (unpaired) electrons. The van der Waals surface area contributed by atoms with Crippen LogP contribution >= 0.6 is 15.9 Å². The Morgan fingerprint density at radius 2 is 2.18 bits per heavy atom. The molecule has 0 aliphatic rings. The van der Waals surface area contributed by atoms with Crippen molar-refractivity contribution in [1.82, 2.24) is 10.2 Å². The Kier molecular flexibility index (Phi) is 3.38. The molecule has 2 aromatic rings. The van der Waals surface area contributed by atoms with E-state index >= 15 is 0 Å². The lowest BCUT2D eigenvalue weighted by atomic mass is 10.3. The normalized spacial score (nSPS) is 10.2. The number of carbonyl (C=O) groups is 1. The van der Waals surface area contributed by atoms with E-state index in [9.17, 15) is 4.79 Å². The van der Waals surface area contributed by atoms with Gasteiger partial charge in [0.2, 0.25) is 0 Å². The van der Waals surface area contributed by atoms with Crippen LogP contribution in [0.2, 0.25) is 0 Å². The first-order chi connectivity index (χ1) is 8.16. The monoisotopic (exact) mass is 298 g/mol. The Bertz CT molecular complexity index is 541. The molecule has 0 saturated heterocycles. The zero-order chi connectivity index (χ0) is 12.3. The van der Waals surface area contributed by atoms with E-state index in [0.29, 0.717) is 5.75 Å². The lowest BCUT2D eigenvalue weighted by Gasteiger charge is -2.04. The maximum Gasteiger partial charge on any atom is 0.393 e. The van der Waals surface area contributed by atoms with Crippen molar-refractivity contribution < 1.29 is 19.1 Å². The molecule has 0 spiro atoms.